The Morgan fingerprint density at radius 3 is 2.45 bits per heavy atom. The summed E-state index contributed by atoms with van der Waals surface area (Å²) in [4.78, 5) is 4.78. The maximum atomic E-state index is 4.78. The van der Waals surface area contributed by atoms with E-state index in [1.807, 2.05) is 6.07 Å². The molecule has 2 aromatic carbocycles. The van der Waals surface area contributed by atoms with E-state index in [-0.39, 0.29) is 0 Å². The minimum absolute atomic E-state index is 0.755. The third-order valence-electron chi connectivity index (χ3n) is 5.16. The zero-order chi connectivity index (χ0) is 20.2. The van der Waals surface area contributed by atoms with Gasteiger partial charge < -0.3 is 5.32 Å². The molecule has 4 aromatic rings. The molecule has 0 aliphatic heterocycles. The topological polar surface area (TPSA) is 42.7 Å². The molecule has 2 heterocycles. The van der Waals surface area contributed by atoms with Gasteiger partial charge >= 0.3 is 0 Å². The number of nitrogens with zero attached hydrogens (tertiary/aromatic N) is 3. The normalized spacial score (nSPS) is 11.1. The van der Waals surface area contributed by atoms with Crippen LogP contribution in [0.3, 0.4) is 0 Å². The van der Waals surface area contributed by atoms with Crippen LogP contribution in [0.25, 0.3) is 10.6 Å². The van der Waals surface area contributed by atoms with E-state index in [1.165, 1.54) is 27.9 Å². The van der Waals surface area contributed by atoms with Crippen LogP contribution in [0.1, 0.15) is 33.8 Å². The highest BCUT2D eigenvalue weighted by Gasteiger charge is 2.12. The Morgan fingerprint density at radius 2 is 1.69 bits per heavy atom. The van der Waals surface area contributed by atoms with Crippen molar-refractivity contribution in [1.82, 2.24) is 20.1 Å². The number of aryl methyl sites for hydroxylation is 2. The maximum Gasteiger partial charge on any atom is 0.123 e. The van der Waals surface area contributed by atoms with Gasteiger partial charge in [-0.15, -0.1) is 11.3 Å². The molecule has 29 heavy (non-hydrogen) atoms. The van der Waals surface area contributed by atoms with Crippen molar-refractivity contribution in [3.05, 3.63) is 93.7 Å². The van der Waals surface area contributed by atoms with E-state index in [2.05, 4.69) is 84.7 Å². The van der Waals surface area contributed by atoms with Crippen molar-refractivity contribution in [1.29, 1.82) is 0 Å². The van der Waals surface area contributed by atoms with Crippen LogP contribution in [0.2, 0.25) is 0 Å². The summed E-state index contributed by atoms with van der Waals surface area (Å²) in [5.74, 6) is 0. The summed E-state index contributed by atoms with van der Waals surface area (Å²) in [7, 11) is 0. The summed E-state index contributed by atoms with van der Waals surface area (Å²) in [5.41, 5.74) is 8.38. The molecule has 0 atom stereocenters. The average molecular weight is 403 g/mol. The van der Waals surface area contributed by atoms with Gasteiger partial charge in [0.15, 0.2) is 0 Å². The smallest absolute Gasteiger partial charge is 0.123 e. The van der Waals surface area contributed by atoms with E-state index in [9.17, 15) is 0 Å². The van der Waals surface area contributed by atoms with Crippen LogP contribution in [0, 0.1) is 20.8 Å². The van der Waals surface area contributed by atoms with Gasteiger partial charge in [-0.1, -0.05) is 60.2 Å². The average Bonchev–Trinajstić information content (AvgIpc) is 3.29. The van der Waals surface area contributed by atoms with Gasteiger partial charge in [0.05, 0.1) is 17.9 Å². The SMILES string of the molecule is Cc1ccc(-c2nc(CNCc3c(C)nn(Cc4ccccc4)c3C)cs2)cc1. The summed E-state index contributed by atoms with van der Waals surface area (Å²) in [6.07, 6.45) is 0. The summed E-state index contributed by atoms with van der Waals surface area (Å²) < 4.78 is 2.10. The Labute approximate surface area is 176 Å². The van der Waals surface area contributed by atoms with Gasteiger partial charge in [0.25, 0.3) is 0 Å². The molecule has 148 valence electrons. The minimum Gasteiger partial charge on any atom is -0.307 e. The van der Waals surface area contributed by atoms with Crippen molar-refractivity contribution in [2.45, 2.75) is 40.4 Å². The number of rotatable bonds is 7. The number of hydrogen-bond acceptors (Lipinski definition) is 4. The van der Waals surface area contributed by atoms with Crippen molar-refractivity contribution in [3.63, 3.8) is 0 Å². The molecule has 0 bridgehead atoms. The molecule has 0 saturated heterocycles. The fourth-order valence-corrected chi connectivity index (χ4v) is 4.26. The molecule has 4 nitrogen and oxygen atoms in total. The summed E-state index contributed by atoms with van der Waals surface area (Å²) in [5, 5.41) is 11.5. The molecule has 0 fully saturated rings. The molecule has 4 rings (SSSR count). The highest BCUT2D eigenvalue weighted by Crippen LogP contribution is 2.24. The molecule has 0 saturated carbocycles. The predicted molar refractivity (Wildman–Crippen MR) is 120 cm³/mol. The van der Waals surface area contributed by atoms with Gasteiger partial charge in [0, 0.05) is 35.3 Å². The minimum atomic E-state index is 0.755. The molecule has 5 heteroatoms. The van der Waals surface area contributed by atoms with Crippen LogP contribution in [-0.2, 0) is 19.6 Å². The van der Waals surface area contributed by atoms with Crippen molar-refractivity contribution in [3.8, 4) is 10.6 Å². The van der Waals surface area contributed by atoms with Gasteiger partial charge in [0.1, 0.15) is 5.01 Å². The van der Waals surface area contributed by atoms with Crippen molar-refractivity contribution in [2.24, 2.45) is 0 Å². The molecule has 0 radical (unpaired) electrons. The van der Waals surface area contributed by atoms with Crippen molar-refractivity contribution in [2.75, 3.05) is 0 Å². The zero-order valence-corrected chi connectivity index (χ0v) is 18.0. The molecular formula is C24H26N4S. The molecule has 0 amide bonds. The van der Waals surface area contributed by atoms with E-state index >= 15 is 0 Å². The van der Waals surface area contributed by atoms with Crippen molar-refractivity contribution < 1.29 is 0 Å². The lowest BCUT2D eigenvalue weighted by molar-refractivity contribution is 0.651. The molecule has 1 N–H and O–H groups in total. The number of benzene rings is 2. The first-order valence-electron chi connectivity index (χ1n) is 9.89. The van der Waals surface area contributed by atoms with Gasteiger partial charge in [-0.3, -0.25) is 4.68 Å². The van der Waals surface area contributed by atoms with Crippen LogP contribution in [0.5, 0.6) is 0 Å². The van der Waals surface area contributed by atoms with Crippen LogP contribution in [0.15, 0.2) is 60.0 Å². The van der Waals surface area contributed by atoms with E-state index in [1.54, 1.807) is 11.3 Å². The highest BCUT2D eigenvalue weighted by molar-refractivity contribution is 7.13. The van der Waals surface area contributed by atoms with Crippen LogP contribution < -0.4 is 5.32 Å². The number of nitrogens with one attached hydrogen (secondary N) is 1. The second kappa shape index (κ2) is 8.72. The summed E-state index contributed by atoms with van der Waals surface area (Å²) >= 11 is 1.70. The number of thiazole rings is 1. The second-order valence-electron chi connectivity index (χ2n) is 7.41. The van der Waals surface area contributed by atoms with Gasteiger partial charge in [-0.05, 0) is 26.3 Å². The Balaban J connectivity index is 1.38. The van der Waals surface area contributed by atoms with Crippen molar-refractivity contribution >= 4 is 11.3 Å². The Hall–Kier alpha value is -2.76. The van der Waals surface area contributed by atoms with Gasteiger partial charge in [-0.25, -0.2) is 4.98 Å². The molecule has 0 spiro atoms. The third kappa shape index (κ3) is 4.63. The summed E-state index contributed by atoms with van der Waals surface area (Å²) in [6.45, 7) is 8.70. The predicted octanol–water partition coefficient (Wildman–Crippen LogP) is 5.27. The lowest BCUT2D eigenvalue weighted by Crippen LogP contribution is -2.14. The number of aromatic nitrogens is 3. The first-order chi connectivity index (χ1) is 14.1. The highest BCUT2D eigenvalue weighted by atomic mass is 32.1. The largest absolute Gasteiger partial charge is 0.307 e. The molecule has 0 aliphatic carbocycles. The quantitative estimate of drug-likeness (QED) is 0.458. The first-order valence-corrected chi connectivity index (χ1v) is 10.8. The molecule has 2 aromatic heterocycles. The number of hydrogen-bond donors (Lipinski definition) is 1. The Morgan fingerprint density at radius 1 is 0.931 bits per heavy atom. The Bertz CT molecular complexity index is 1080. The molecule has 0 aliphatic rings. The first kappa shape index (κ1) is 19.6. The fraction of sp³-hybridized carbons (Fsp3) is 0.250. The standard InChI is InChI=1S/C24H26N4S/c1-17-9-11-21(12-10-17)24-26-22(16-29-24)13-25-14-23-18(2)27-28(19(23)3)15-20-7-5-4-6-8-20/h4-12,16,25H,13-15H2,1-3H3. The monoisotopic (exact) mass is 402 g/mol. The maximum absolute atomic E-state index is 4.78. The van der Waals surface area contributed by atoms with Crippen LogP contribution >= 0.6 is 11.3 Å². The lowest BCUT2D eigenvalue weighted by atomic mass is 10.2. The van der Waals surface area contributed by atoms with E-state index in [0.717, 1.165) is 36.0 Å². The zero-order valence-electron chi connectivity index (χ0n) is 17.1. The van der Waals surface area contributed by atoms with E-state index < -0.39 is 0 Å². The molecular weight excluding hydrogens is 376 g/mol. The second-order valence-corrected chi connectivity index (χ2v) is 8.26. The van der Waals surface area contributed by atoms with Crippen LogP contribution in [0.4, 0.5) is 0 Å². The van der Waals surface area contributed by atoms with E-state index in [4.69, 9.17) is 10.1 Å². The lowest BCUT2D eigenvalue weighted by Gasteiger charge is -2.06. The van der Waals surface area contributed by atoms with Gasteiger partial charge in [-0.2, -0.15) is 5.10 Å². The van der Waals surface area contributed by atoms with E-state index in [0.29, 0.717) is 0 Å². The Kier molecular flexibility index (Phi) is 5.88. The summed E-state index contributed by atoms with van der Waals surface area (Å²) in [6, 6.07) is 19.0. The third-order valence-corrected chi connectivity index (χ3v) is 6.10. The van der Waals surface area contributed by atoms with Gasteiger partial charge in [0.2, 0.25) is 0 Å². The fourth-order valence-electron chi connectivity index (χ4n) is 3.43. The van der Waals surface area contributed by atoms with Crippen LogP contribution in [-0.4, -0.2) is 14.8 Å². The molecule has 0 unspecified atom stereocenters.